The molecule has 1 aliphatic rings. The lowest BCUT2D eigenvalue weighted by Crippen LogP contribution is -2.30. The lowest BCUT2D eigenvalue weighted by Gasteiger charge is -2.30. The fourth-order valence-corrected chi connectivity index (χ4v) is 4.02. The smallest absolute Gasteiger partial charge is 0.247 e. The van der Waals surface area contributed by atoms with Crippen molar-refractivity contribution in [3.63, 3.8) is 0 Å². The largest absolute Gasteiger partial charge is 0.480 e. The van der Waals surface area contributed by atoms with Crippen LogP contribution >= 0.6 is 0 Å². The molecule has 158 valence electrons. The topological polar surface area (TPSA) is 118 Å². The lowest BCUT2D eigenvalue weighted by atomic mass is 9.91. The molecule has 0 unspecified atom stereocenters. The van der Waals surface area contributed by atoms with Gasteiger partial charge in [-0.25, -0.2) is 4.98 Å². The van der Waals surface area contributed by atoms with Gasteiger partial charge in [0, 0.05) is 11.4 Å². The average Bonchev–Trinajstić information content (AvgIpc) is 3.24. The standard InChI is InChI=1S/C22H23N7O2/c1-3-20(30)27-18-8-5-9-19-17(18)13-25-29(19)16-7-4-6-15(10-16)26-22-24-12-14(11-23)21(28-22)31-2/h3,5,8-9,12-13,15-16H,1,4,6-7,10H2,2H3,(H,27,30)(H,24,26,28)/t15-,16+/m1/s1. The Bertz CT molecular complexity index is 1160. The summed E-state index contributed by atoms with van der Waals surface area (Å²) in [5.74, 6) is 0.459. The number of anilines is 2. The minimum absolute atomic E-state index is 0.166. The van der Waals surface area contributed by atoms with Gasteiger partial charge in [-0.15, -0.1) is 0 Å². The molecule has 4 rings (SSSR count). The van der Waals surface area contributed by atoms with E-state index in [1.54, 1.807) is 6.20 Å². The van der Waals surface area contributed by atoms with E-state index >= 15 is 0 Å². The second kappa shape index (κ2) is 8.83. The molecule has 2 atom stereocenters. The molecule has 1 fully saturated rings. The predicted molar refractivity (Wildman–Crippen MR) is 117 cm³/mol. The zero-order chi connectivity index (χ0) is 21.8. The maximum Gasteiger partial charge on any atom is 0.247 e. The number of carbonyl (C=O) groups excluding carboxylic acids is 1. The number of hydrogen-bond acceptors (Lipinski definition) is 7. The molecule has 1 saturated carbocycles. The van der Waals surface area contributed by atoms with Crippen molar-refractivity contribution < 1.29 is 9.53 Å². The highest BCUT2D eigenvalue weighted by molar-refractivity contribution is 6.05. The minimum Gasteiger partial charge on any atom is -0.480 e. The van der Waals surface area contributed by atoms with E-state index < -0.39 is 0 Å². The SMILES string of the molecule is C=CC(=O)Nc1cccc2c1cnn2[C@H]1CCC[C@@H](Nc2ncc(C#N)c(OC)n2)C1. The van der Waals surface area contributed by atoms with E-state index in [2.05, 4.69) is 32.3 Å². The number of methoxy groups -OCH3 is 1. The first kappa shape index (κ1) is 20.3. The van der Waals surface area contributed by atoms with Gasteiger partial charge in [0.25, 0.3) is 0 Å². The molecule has 1 aliphatic carbocycles. The van der Waals surface area contributed by atoms with Crippen LogP contribution in [0.2, 0.25) is 0 Å². The van der Waals surface area contributed by atoms with Crippen molar-refractivity contribution in [1.29, 1.82) is 5.26 Å². The summed E-state index contributed by atoms with van der Waals surface area (Å²) in [5, 5.41) is 20.8. The van der Waals surface area contributed by atoms with Crippen LogP contribution < -0.4 is 15.4 Å². The van der Waals surface area contributed by atoms with E-state index in [1.165, 1.54) is 19.4 Å². The summed E-state index contributed by atoms with van der Waals surface area (Å²) >= 11 is 0. The van der Waals surface area contributed by atoms with E-state index in [9.17, 15) is 4.79 Å². The summed E-state index contributed by atoms with van der Waals surface area (Å²) in [6, 6.07) is 8.17. The van der Waals surface area contributed by atoms with E-state index in [0.29, 0.717) is 11.5 Å². The van der Waals surface area contributed by atoms with Crippen LogP contribution in [0.4, 0.5) is 11.6 Å². The van der Waals surface area contributed by atoms with Gasteiger partial charge in [-0.1, -0.05) is 12.6 Å². The zero-order valence-electron chi connectivity index (χ0n) is 17.2. The highest BCUT2D eigenvalue weighted by Crippen LogP contribution is 2.33. The Morgan fingerprint density at radius 2 is 2.26 bits per heavy atom. The molecule has 3 aromatic rings. The third-order valence-corrected chi connectivity index (χ3v) is 5.48. The molecule has 0 saturated heterocycles. The third-order valence-electron chi connectivity index (χ3n) is 5.48. The highest BCUT2D eigenvalue weighted by atomic mass is 16.5. The number of hydrogen-bond donors (Lipinski definition) is 2. The Labute approximate surface area is 179 Å². The fourth-order valence-electron chi connectivity index (χ4n) is 4.02. The highest BCUT2D eigenvalue weighted by Gasteiger charge is 2.26. The minimum atomic E-state index is -0.250. The molecule has 31 heavy (non-hydrogen) atoms. The van der Waals surface area contributed by atoms with Crippen LogP contribution in [0.15, 0.2) is 43.2 Å². The van der Waals surface area contributed by atoms with Crippen LogP contribution in [-0.4, -0.2) is 38.8 Å². The molecule has 2 heterocycles. The molecular formula is C22H23N7O2. The summed E-state index contributed by atoms with van der Waals surface area (Å²) in [6.07, 6.45) is 8.39. The van der Waals surface area contributed by atoms with Crippen molar-refractivity contribution in [1.82, 2.24) is 19.7 Å². The zero-order valence-corrected chi connectivity index (χ0v) is 17.2. The van der Waals surface area contributed by atoms with Crippen molar-refractivity contribution in [2.75, 3.05) is 17.7 Å². The van der Waals surface area contributed by atoms with Crippen molar-refractivity contribution in [3.8, 4) is 11.9 Å². The maximum atomic E-state index is 11.7. The molecule has 9 heteroatoms. The Hall–Kier alpha value is -3.93. The number of carbonyl (C=O) groups is 1. The summed E-state index contributed by atoms with van der Waals surface area (Å²) in [6.45, 7) is 3.50. The van der Waals surface area contributed by atoms with Gasteiger partial charge in [0.15, 0.2) is 0 Å². The molecular weight excluding hydrogens is 394 g/mol. The number of fused-ring (bicyclic) bond motifs is 1. The van der Waals surface area contributed by atoms with Crippen LogP contribution in [0.1, 0.15) is 37.3 Å². The van der Waals surface area contributed by atoms with E-state index in [0.717, 1.165) is 42.3 Å². The van der Waals surface area contributed by atoms with Crippen LogP contribution in [0, 0.1) is 11.3 Å². The van der Waals surface area contributed by atoms with Gasteiger partial charge in [0.05, 0.1) is 36.7 Å². The van der Waals surface area contributed by atoms with Gasteiger partial charge in [0.2, 0.25) is 17.7 Å². The number of nitrogens with one attached hydrogen (secondary N) is 2. The van der Waals surface area contributed by atoms with Crippen LogP contribution in [0.25, 0.3) is 10.9 Å². The second-order valence-corrected chi connectivity index (χ2v) is 7.41. The lowest BCUT2D eigenvalue weighted by molar-refractivity contribution is -0.111. The Morgan fingerprint density at radius 1 is 1.39 bits per heavy atom. The fraction of sp³-hybridized carbons (Fsp3) is 0.318. The van der Waals surface area contributed by atoms with E-state index in [-0.39, 0.29) is 23.9 Å². The van der Waals surface area contributed by atoms with Crippen LogP contribution in [-0.2, 0) is 4.79 Å². The van der Waals surface area contributed by atoms with Crippen molar-refractivity contribution in [2.24, 2.45) is 0 Å². The van der Waals surface area contributed by atoms with E-state index in [4.69, 9.17) is 10.00 Å². The second-order valence-electron chi connectivity index (χ2n) is 7.41. The number of nitrogens with zero attached hydrogens (tertiary/aromatic N) is 5. The van der Waals surface area contributed by atoms with Crippen molar-refractivity contribution >= 4 is 28.4 Å². The number of benzene rings is 1. The first-order valence-corrected chi connectivity index (χ1v) is 10.1. The molecule has 1 amide bonds. The number of rotatable bonds is 6. The maximum absolute atomic E-state index is 11.7. The van der Waals surface area contributed by atoms with Crippen LogP contribution in [0.3, 0.4) is 0 Å². The van der Waals surface area contributed by atoms with Gasteiger partial charge in [-0.3, -0.25) is 9.48 Å². The first-order chi connectivity index (χ1) is 15.1. The molecule has 0 aliphatic heterocycles. The molecule has 0 radical (unpaired) electrons. The number of nitriles is 1. The monoisotopic (exact) mass is 417 g/mol. The van der Waals surface area contributed by atoms with Gasteiger partial charge in [-0.05, 0) is 43.9 Å². The summed E-state index contributed by atoms with van der Waals surface area (Å²) in [4.78, 5) is 20.3. The van der Waals surface area contributed by atoms with Crippen molar-refractivity contribution in [2.45, 2.75) is 37.8 Å². The molecule has 0 spiro atoms. The van der Waals surface area contributed by atoms with Gasteiger partial charge >= 0.3 is 0 Å². The van der Waals surface area contributed by atoms with Gasteiger partial charge < -0.3 is 15.4 Å². The molecule has 1 aromatic carbocycles. The predicted octanol–water partition coefficient (Wildman–Crippen LogP) is 3.43. The Morgan fingerprint density at radius 3 is 3.03 bits per heavy atom. The van der Waals surface area contributed by atoms with Gasteiger partial charge in [0.1, 0.15) is 11.6 Å². The number of aromatic nitrogens is 4. The van der Waals surface area contributed by atoms with E-state index in [1.807, 2.05) is 29.0 Å². The summed E-state index contributed by atoms with van der Waals surface area (Å²) < 4.78 is 7.21. The summed E-state index contributed by atoms with van der Waals surface area (Å²) in [5.41, 5.74) is 2.00. The molecule has 0 bridgehead atoms. The Balaban J connectivity index is 1.53. The normalized spacial score (nSPS) is 18.2. The molecule has 9 nitrogen and oxygen atoms in total. The summed E-state index contributed by atoms with van der Waals surface area (Å²) in [7, 11) is 1.48. The molecule has 2 aromatic heterocycles. The van der Waals surface area contributed by atoms with Gasteiger partial charge in [-0.2, -0.15) is 15.3 Å². The first-order valence-electron chi connectivity index (χ1n) is 10.1. The average molecular weight is 417 g/mol. The third kappa shape index (κ3) is 4.19. The molecule has 2 N–H and O–H groups in total. The number of ether oxygens (including phenoxy) is 1. The number of amides is 1. The Kier molecular flexibility index (Phi) is 5.80. The quantitative estimate of drug-likeness (QED) is 0.590. The van der Waals surface area contributed by atoms with Crippen LogP contribution in [0.5, 0.6) is 5.88 Å². The van der Waals surface area contributed by atoms with Crippen molar-refractivity contribution in [3.05, 3.63) is 48.8 Å².